The van der Waals surface area contributed by atoms with Gasteiger partial charge in [0.15, 0.2) is 5.69 Å². The summed E-state index contributed by atoms with van der Waals surface area (Å²) in [6, 6.07) is 2.64. The van der Waals surface area contributed by atoms with Crippen LogP contribution in [0.25, 0.3) is 5.69 Å². The van der Waals surface area contributed by atoms with Gasteiger partial charge < -0.3 is 5.11 Å². The van der Waals surface area contributed by atoms with Gasteiger partial charge in [-0.3, -0.25) is 9.47 Å². The number of quaternary nitrogens is 1. The molecule has 1 aliphatic rings. The van der Waals surface area contributed by atoms with Gasteiger partial charge in [-0.05, 0) is 19.1 Å². The SMILES string of the molecule is CC[N+]1(c2cn(-c3cccnc3)nc2Cl)CCC(SCCC(F)(F)F)[C@H]1C(=O)O. The molecule has 11 heteroatoms. The largest absolute Gasteiger partial charge is 0.477 e. The van der Waals surface area contributed by atoms with Crippen molar-refractivity contribution >= 4 is 35.0 Å². The van der Waals surface area contributed by atoms with Gasteiger partial charge in [0.05, 0.1) is 42.8 Å². The predicted molar refractivity (Wildman–Crippen MR) is 107 cm³/mol. The van der Waals surface area contributed by atoms with Gasteiger partial charge in [-0.25, -0.2) is 9.48 Å². The molecule has 0 spiro atoms. The van der Waals surface area contributed by atoms with Gasteiger partial charge in [-0.1, -0.05) is 11.6 Å². The highest BCUT2D eigenvalue weighted by molar-refractivity contribution is 8.00. The first-order valence-electron chi connectivity index (χ1n) is 9.12. The molecule has 2 aromatic rings. The maximum atomic E-state index is 12.5. The first-order valence-corrected chi connectivity index (χ1v) is 10.5. The molecule has 6 nitrogen and oxygen atoms in total. The second-order valence-corrected chi connectivity index (χ2v) is 8.59. The number of likely N-dealkylation sites (N-methyl/N-ethyl adjacent to an activating group) is 1. The Balaban J connectivity index is 1.91. The average Bonchev–Trinajstić information content (AvgIpc) is 3.23. The van der Waals surface area contributed by atoms with E-state index in [1.165, 1.54) is 0 Å². The second kappa shape index (κ2) is 8.53. The van der Waals surface area contributed by atoms with Crippen molar-refractivity contribution in [3.8, 4) is 5.69 Å². The summed E-state index contributed by atoms with van der Waals surface area (Å²) in [7, 11) is 0. The molecule has 0 bridgehead atoms. The Labute approximate surface area is 175 Å². The zero-order valence-electron chi connectivity index (χ0n) is 15.6. The molecule has 1 N–H and O–H groups in total. The number of carboxylic acids is 1. The Morgan fingerprint density at radius 2 is 2.24 bits per heavy atom. The number of halogens is 4. The minimum Gasteiger partial charge on any atom is -0.477 e. The number of alkyl halides is 3. The van der Waals surface area contributed by atoms with Crippen LogP contribution in [0.1, 0.15) is 19.8 Å². The summed E-state index contributed by atoms with van der Waals surface area (Å²) < 4.78 is 39.2. The number of pyridine rings is 1. The summed E-state index contributed by atoms with van der Waals surface area (Å²) in [5, 5.41) is 14.0. The summed E-state index contributed by atoms with van der Waals surface area (Å²) >= 11 is 7.48. The van der Waals surface area contributed by atoms with Gasteiger partial charge >= 0.3 is 12.1 Å². The van der Waals surface area contributed by atoms with E-state index >= 15 is 0 Å². The first kappa shape index (κ1) is 21.9. The third-order valence-corrected chi connectivity index (χ3v) is 6.90. The van der Waals surface area contributed by atoms with Crippen LogP contribution in [0.5, 0.6) is 0 Å². The number of hydrogen-bond acceptors (Lipinski definition) is 4. The third kappa shape index (κ3) is 4.54. The van der Waals surface area contributed by atoms with E-state index in [1.54, 1.807) is 35.4 Å². The molecule has 0 radical (unpaired) electrons. The molecule has 0 saturated carbocycles. The molecule has 29 heavy (non-hydrogen) atoms. The van der Waals surface area contributed by atoms with E-state index in [0.717, 1.165) is 11.8 Å². The highest BCUT2D eigenvalue weighted by atomic mass is 35.5. The number of likely N-dealkylation sites (tertiary alicyclic amines) is 1. The van der Waals surface area contributed by atoms with E-state index in [1.807, 2.05) is 6.92 Å². The van der Waals surface area contributed by atoms with Crippen molar-refractivity contribution in [2.24, 2.45) is 0 Å². The fraction of sp³-hybridized carbons (Fsp3) is 0.500. The van der Waals surface area contributed by atoms with Crippen molar-refractivity contribution in [2.75, 3.05) is 18.8 Å². The number of rotatable bonds is 7. The number of aliphatic carboxylic acids is 1. The highest BCUT2D eigenvalue weighted by Gasteiger charge is 2.55. The summed E-state index contributed by atoms with van der Waals surface area (Å²) in [5.74, 6) is -1.20. The van der Waals surface area contributed by atoms with Crippen LogP contribution in [-0.2, 0) is 4.79 Å². The normalized spacial score (nSPS) is 24.7. The summed E-state index contributed by atoms with van der Waals surface area (Å²) in [4.78, 5) is 16.2. The highest BCUT2D eigenvalue weighted by Crippen LogP contribution is 2.43. The van der Waals surface area contributed by atoms with E-state index in [4.69, 9.17) is 11.6 Å². The van der Waals surface area contributed by atoms with E-state index in [0.29, 0.717) is 30.9 Å². The lowest BCUT2D eigenvalue weighted by molar-refractivity contribution is -0.141. The average molecular weight is 450 g/mol. The van der Waals surface area contributed by atoms with Crippen LogP contribution in [-0.4, -0.2) is 62.2 Å². The molecule has 158 valence electrons. The van der Waals surface area contributed by atoms with E-state index in [9.17, 15) is 23.1 Å². The molecule has 3 atom stereocenters. The number of nitrogens with zero attached hydrogens (tertiary/aromatic N) is 4. The van der Waals surface area contributed by atoms with E-state index < -0.39 is 29.9 Å². The minimum atomic E-state index is -4.25. The number of hydrogen-bond donors (Lipinski definition) is 1. The third-order valence-electron chi connectivity index (χ3n) is 5.27. The van der Waals surface area contributed by atoms with Gasteiger partial charge in [0.1, 0.15) is 0 Å². The Bertz CT molecular complexity index is 865. The maximum Gasteiger partial charge on any atom is 0.389 e. The molecule has 3 heterocycles. The van der Waals surface area contributed by atoms with Crippen molar-refractivity contribution in [3.05, 3.63) is 35.9 Å². The molecular formula is C18H21ClF3N4O2S+. The lowest BCUT2D eigenvalue weighted by Gasteiger charge is -2.36. The summed E-state index contributed by atoms with van der Waals surface area (Å²) in [5.41, 5.74) is 1.24. The Kier molecular flexibility index (Phi) is 6.45. The minimum absolute atomic E-state index is 0.0537. The molecule has 1 fully saturated rings. The Morgan fingerprint density at radius 3 is 2.83 bits per heavy atom. The number of carbonyl (C=O) groups is 1. The standard InChI is InChI=1S/C18H20ClF3N4O2S/c1-2-26(13-11-25(24-16(13)19)12-4-3-7-23-10-12)8-5-14(15(26)17(27)28)29-9-6-18(20,21)22/h3-4,7,10-11,14-15H,2,5-6,8-9H2,1H3/p+1/t14?,15-,26?/m0/s1. The quantitative estimate of drug-likeness (QED) is 0.643. The van der Waals surface area contributed by atoms with Gasteiger partial charge in [-0.2, -0.15) is 24.9 Å². The first-order chi connectivity index (χ1) is 13.7. The Morgan fingerprint density at radius 1 is 1.48 bits per heavy atom. The molecular weight excluding hydrogens is 429 g/mol. The van der Waals surface area contributed by atoms with Gasteiger partial charge in [0.25, 0.3) is 0 Å². The van der Waals surface area contributed by atoms with E-state index in [-0.39, 0.29) is 15.4 Å². The van der Waals surface area contributed by atoms with Crippen LogP contribution < -0.4 is 4.48 Å². The number of carboxylic acid groups (broad SMARTS) is 1. The van der Waals surface area contributed by atoms with Crippen LogP contribution in [0.15, 0.2) is 30.7 Å². The van der Waals surface area contributed by atoms with E-state index in [2.05, 4.69) is 10.1 Å². The van der Waals surface area contributed by atoms with Crippen LogP contribution >= 0.6 is 23.4 Å². The molecule has 0 amide bonds. The Hall–Kier alpha value is -1.78. The molecule has 0 aliphatic carbocycles. The van der Waals surface area contributed by atoms with Crippen molar-refractivity contribution in [1.29, 1.82) is 0 Å². The van der Waals surface area contributed by atoms with Gasteiger partial charge in [0.2, 0.25) is 11.2 Å². The topological polar surface area (TPSA) is 68.0 Å². The van der Waals surface area contributed by atoms with Crippen molar-refractivity contribution < 1.29 is 23.1 Å². The van der Waals surface area contributed by atoms with Crippen molar-refractivity contribution in [1.82, 2.24) is 19.2 Å². The lowest BCUT2D eigenvalue weighted by atomic mass is 10.1. The molecule has 2 unspecified atom stereocenters. The van der Waals surface area contributed by atoms with Crippen LogP contribution in [0.4, 0.5) is 18.9 Å². The zero-order valence-corrected chi connectivity index (χ0v) is 17.2. The van der Waals surface area contributed by atoms with Gasteiger partial charge in [0, 0.05) is 18.4 Å². The number of thioether (sulfide) groups is 1. The van der Waals surface area contributed by atoms with Crippen LogP contribution in [0.3, 0.4) is 0 Å². The zero-order chi connectivity index (χ0) is 21.2. The van der Waals surface area contributed by atoms with Crippen molar-refractivity contribution in [3.63, 3.8) is 0 Å². The maximum absolute atomic E-state index is 12.5. The summed E-state index contributed by atoms with van der Waals surface area (Å²) in [6.45, 7) is 2.76. The molecule has 0 aromatic carbocycles. The lowest BCUT2D eigenvalue weighted by Crippen LogP contribution is -2.58. The predicted octanol–water partition coefficient (Wildman–Crippen LogP) is 4.16. The fourth-order valence-electron chi connectivity index (χ4n) is 3.90. The van der Waals surface area contributed by atoms with Crippen LogP contribution in [0, 0.1) is 0 Å². The molecule has 1 saturated heterocycles. The summed E-state index contributed by atoms with van der Waals surface area (Å²) in [6.07, 6.45) is 0.224. The van der Waals surface area contributed by atoms with Crippen molar-refractivity contribution in [2.45, 2.75) is 37.2 Å². The fourth-order valence-corrected chi connectivity index (χ4v) is 5.66. The second-order valence-electron chi connectivity index (χ2n) is 6.88. The molecule has 3 rings (SSSR count). The molecule has 1 aliphatic heterocycles. The number of aromatic nitrogens is 3. The van der Waals surface area contributed by atoms with Gasteiger partial charge in [-0.15, -0.1) is 5.10 Å². The smallest absolute Gasteiger partial charge is 0.389 e. The molecule has 2 aromatic heterocycles. The monoisotopic (exact) mass is 449 g/mol. The van der Waals surface area contributed by atoms with Crippen LogP contribution in [0.2, 0.25) is 5.15 Å².